The fourth-order valence-corrected chi connectivity index (χ4v) is 3.81. The summed E-state index contributed by atoms with van der Waals surface area (Å²) in [5.41, 5.74) is 19.3. The first-order chi connectivity index (χ1) is 20.3. The predicted molar refractivity (Wildman–Crippen MR) is 152 cm³/mol. The molecule has 0 saturated heterocycles. The van der Waals surface area contributed by atoms with Gasteiger partial charge in [-0.05, 0) is 32.1 Å². The Labute approximate surface area is 253 Å². The average Bonchev–Trinajstić information content (AvgIpc) is 2.89. The highest BCUT2D eigenvalue weighted by atomic mass is 16.4. The van der Waals surface area contributed by atoms with Crippen molar-refractivity contribution in [2.75, 3.05) is 6.54 Å². The van der Waals surface area contributed by atoms with Gasteiger partial charge in [0.1, 0.15) is 24.2 Å². The van der Waals surface area contributed by atoms with Gasteiger partial charge in [-0.1, -0.05) is 13.8 Å². The molecule has 19 nitrogen and oxygen atoms in total. The third kappa shape index (κ3) is 16.2. The molecule has 5 amide bonds. The van der Waals surface area contributed by atoms with E-state index >= 15 is 0 Å². The number of carboxylic acids is 2. The molecule has 0 aliphatic carbocycles. The average molecular weight is 634 g/mol. The molecule has 6 atom stereocenters. The van der Waals surface area contributed by atoms with Crippen LogP contribution in [0.1, 0.15) is 59.3 Å². The Kier molecular flexibility index (Phi) is 17.6. The largest absolute Gasteiger partial charge is 0.481 e. The summed E-state index contributed by atoms with van der Waals surface area (Å²) in [6.07, 6.45) is -2.45. The maximum atomic E-state index is 13.2. The minimum atomic E-state index is -1.73. The summed E-state index contributed by atoms with van der Waals surface area (Å²) in [4.78, 5) is 88.4. The first kappa shape index (κ1) is 39.5. The standard InChI is InChI=1S/C25H45N9O10/c1-11(2)9-16(24(43)44)33-21(40)14(5-4-8-30-25(28)29)31-23(42)19(12(3)35)34-22(41)15(10-18(37)38)32-20(39)13(26)6-7-17(27)36/h11-16,19,35H,4-10,26H2,1-3H3,(H2,27,36)(H,31,42)(H,32,39)(H,33,40)(H,34,41)(H,37,38)(H,43,44)(H4,28,29,30)/p+2/t12-,13+,14+,15+,16+,19+/m1/s1. The Balaban J connectivity index is 5.90. The van der Waals surface area contributed by atoms with Crippen LogP contribution in [0, 0.1) is 5.92 Å². The van der Waals surface area contributed by atoms with Crippen LogP contribution in [-0.2, 0) is 33.6 Å². The Morgan fingerprint density at radius 3 is 1.80 bits per heavy atom. The number of aliphatic hydroxyl groups excluding tert-OH is 1. The van der Waals surface area contributed by atoms with Crippen LogP contribution in [0.25, 0.3) is 0 Å². The van der Waals surface area contributed by atoms with Crippen LogP contribution in [0.5, 0.6) is 0 Å². The van der Waals surface area contributed by atoms with Crippen LogP contribution < -0.4 is 49.2 Å². The van der Waals surface area contributed by atoms with Crippen LogP contribution in [0.15, 0.2) is 0 Å². The van der Waals surface area contributed by atoms with Crippen molar-refractivity contribution in [2.45, 2.75) is 95.6 Å². The van der Waals surface area contributed by atoms with Gasteiger partial charge in [0.25, 0.3) is 5.91 Å². The summed E-state index contributed by atoms with van der Waals surface area (Å²) in [5.74, 6) is -7.55. The number of aliphatic carboxylic acids is 2. The summed E-state index contributed by atoms with van der Waals surface area (Å²) in [5, 5.41) is 38.2. The molecule has 0 radical (unpaired) electrons. The first-order valence-electron chi connectivity index (χ1n) is 13.9. The minimum absolute atomic E-state index is 0.0414. The minimum Gasteiger partial charge on any atom is -0.481 e. The zero-order valence-electron chi connectivity index (χ0n) is 25.1. The van der Waals surface area contributed by atoms with E-state index < -0.39 is 84.2 Å². The number of quaternary nitrogens is 1. The lowest BCUT2D eigenvalue weighted by Crippen LogP contribution is -2.78. The van der Waals surface area contributed by atoms with Gasteiger partial charge in [0.15, 0.2) is 6.04 Å². The zero-order chi connectivity index (χ0) is 34.1. The third-order valence-corrected chi connectivity index (χ3v) is 6.14. The fraction of sp³-hybridized carbons (Fsp3) is 0.680. The van der Waals surface area contributed by atoms with Crippen molar-refractivity contribution in [1.82, 2.24) is 21.3 Å². The number of rotatable bonds is 21. The summed E-state index contributed by atoms with van der Waals surface area (Å²) in [6, 6.07) is -7.09. The maximum Gasteiger partial charge on any atom is 0.338 e. The highest BCUT2D eigenvalue weighted by molar-refractivity contribution is 5.96. The Hall–Kier alpha value is -4.52. The van der Waals surface area contributed by atoms with Crippen LogP contribution in [0.4, 0.5) is 0 Å². The highest BCUT2D eigenvalue weighted by Gasteiger charge is 2.35. The molecule has 0 aliphatic rings. The van der Waals surface area contributed by atoms with Crippen LogP contribution >= 0.6 is 0 Å². The molecular weight excluding hydrogens is 586 g/mol. The normalized spacial score (nSPS) is 15.0. The van der Waals surface area contributed by atoms with E-state index in [0.717, 1.165) is 6.92 Å². The monoisotopic (exact) mass is 633 g/mol. The lowest BCUT2D eigenvalue weighted by atomic mass is 10.0. The van der Waals surface area contributed by atoms with E-state index in [0.29, 0.717) is 0 Å². The van der Waals surface area contributed by atoms with Crippen molar-refractivity contribution in [3.8, 4) is 0 Å². The number of guanidine groups is 1. The van der Waals surface area contributed by atoms with Gasteiger partial charge >= 0.3 is 17.9 Å². The van der Waals surface area contributed by atoms with Gasteiger partial charge in [-0.25, -0.2) is 4.79 Å². The zero-order valence-corrected chi connectivity index (χ0v) is 25.1. The fourth-order valence-electron chi connectivity index (χ4n) is 3.81. The number of hydrogen-bond acceptors (Lipinski definition) is 8. The van der Waals surface area contributed by atoms with Crippen LogP contribution in [0.2, 0.25) is 0 Å². The van der Waals surface area contributed by atoms with E-state index in [1.807, 2.05) is 0 Å². The van der Waals surface area contributed by atoms with Gasteiger partial charge in [0, 0.05) is 12.8 Å². The van der Waals surface area contributed by atoms with Gasteiger partial charge < -0.3 is 48.1 Å². The molecule has 0 spiro atoms. The summed E-state index contributed by atoms with van der Waals surface area (Å²) in [6.45, 7) is 4.85. The predicted octanol–water partition coefficient (Wildman–Crippen LogP) is -7.08. The number of carboxylic acid groups (broad SMARTS) is 2. The van der Waals surface area contributed by atoms with Gasteiger partial charge in [-0.15, -0.1) is 0 Å². The van der Waals surface area contributed by atoms with Gasteiger partial charge in [0.05, 0.1) is 19.1 Å². The van der Waals surface area contributed by atoms with E-state index in [9.17, 15) is 48.9 Å². The molecule has 250 valence electrons. The molecule has 19 heteroatoms. The van der Waals surface area contributed by atoms with Crippen LogP contribution in [0.3, 0.4) is 0 Å². The molecular formula is C25H47N9O10+2. The molecule has 0 aromatic rings. The molecule has 0 aromatic carbocycles. The number of aliphatic hydroxyl groups is 1. The molecule has 0 fully saturated rings. The lowest BCUT2D eigenvalue weighted by Gasteiger charge is -2.27. The van der Waals surface area contributed by atoms with E-state index in [-0.39, 0.29) is 50.5 Å². The molecule has 44 heavy (non-hydrogen) atoms. The van der Waals surface area contributed by atoms with Crippen LogP contribution in [-0.4, -0.2) is 106 Å². The van der Waals surface area contributed by atoms with E-state index in [4.69, 9.17) is 17.2 Å². The number of nitrogens with two attached hydrogens (primary N) is 3. The van der Waals surface area contributed by atoms with Gasteiger partial charge in [0.2, 0.25) is 23.6 Å². The van der Waals surface area contributed by atoms with Crippen molar-refractivity contribution in [3.63, 3.8) is 0 Å². The first-order valence-corrected chi connectivity index (χ1v) is 13.9. The second kappa shape index (κ2) is 19.6. The van der Waals surface area contributed by atoms with Crippen molar-refractivity contribution in [3.05, 3.63) is 0 Å². The SMILES string of the molecule is CC(C)C[C@H](NC(=O)[C@H](CCC[NH+]=C(N)N)NC(=O)[C@@H](NC(=O)[C@H](CC(=O)O)NC(=O)[C@@H]([NH3+])CCC(N)=O)[C@@H](C)O)C(=O)O. The lowest BCUT2D eigenvalue weighted by molar-refractivity contribution is -0.459. The molecule has 0 saturated carbocycles. The van der Waals surface area contributed by atoms with Crippen molar-refractivity contribution < 1.29 is 59.6 Å². The summed E-state index contributed by atoms with van der Waals surface area (Å²) in [7, 11) is 0. The number of carbonyl (C=O) groups is 7. The van der Waals surface area contributed by atoms with E-state index in [2.05, 4.69) is 32.0 Å². The number of hydrogen-bond donors (Lipinski definition) is 12. The van der Waals surface area contributed by atoms with E-state index in [1.54, 1.807) is 13.8 Å². The van der Waals surface area contributed by atoms with Crippen molar-refractivity contribution in [1.29, 1.82) is 0 Å². The van der Waals surface area contributed by atoms with Crippen molar-refractivity contribution in [2.24, 2.45) is 23.1 Å². The van der Waals surface area contributed by atoms with E-state index in [1.165, 1.54) is 0 Å². The number of carbonyl (C=O) groups excluding carboxylic acids is 5. The Morgan fingerprint density at radius 2 is 1.32 bits per heavy atom. The number of amides is 5. The summed E-state index contributed by atoms with van der Waals surface area (Å²) >= 11 is 0. The smallest absolute Gasteiger partial charge is 0.338 e. The second-order valence-corrected chi connectivity index (χ2v) is 10.7. The maximum absolute atomic E-state index is 13.2. The molecule has 0 unspecified atom stereocenters. The van der Waals surface area contributed by atoms with Gasteiger partial charge in [-0.2, -0.15) is 0 Å². The molecule has 17 N–H and O–H groups in total. The highest BCUT2D eigenvalue weighted by Crippen LogP contribution is 2.08. The third-order valence-electron chi connectivity index (χ3n) is 6.14. The second-order valence-electron chi connectivity index (χ2n) is 10.7. The quantitative estimate of drug-likeness (QED) is 0.0319. The Morgan fingerprint density at radius 1 is 0.773 bits per heavy atom. The van der Waals surface area contributed by atoms with Crippen molar-refractivity contribution >= 4 is 47.4 Å². The topological polar surface area (TPSA) is 348 Å². The summed E-state index contributed by atoms with van der Waals surface area (Å²) < 4.78 is 0. The van der Waals surface area contributed by atoms with Gasteiger partial charge in [-0.3, -0.25) is 45.2 Å². The number of nitrogens with one attached hydrogen (secondary N) is 5. The molecule has 0 aromatic heterocycles. The molecule has 0 bridgehead atoms. The molecule has 0 aliphatic heterocycles. The molecule has 0 rings (SSSR count). The molecule has 0 heterocycles. The number of primary amides is 1. The Bertz CT molecular complexity index is 1060.